The minimum absolute atomic E-state index is 0.914. The molecule has 1 aromatic heterocycles. The van der Waals surface area contributed by atoms with E-state index in [0.717, 1.165) is 31.8 Å². The quantitative estimate of drug-likeness (QED) is 0.858. The fraction of sp³-hybridized carbons (Fsp3) is 0.438. The first kappa shape index (κ1) is 13.2. The summed E-state index contributed by atoms with van der Waals surface area (Å²) in [4.78, 5) is 2.48. The van der Waals surface area contributed by atoms with Gasteiger partial charge in [-0.3, -0.25) is 9.58 Å². The van der Waals surface area contributed by atoms with Crippen LogP contribution in [0.3, 0.4) is 0 Å². The zero-order valence-electron chi connectivity index (χ0n) is 12.4. The number of fused-ring (bicyclic) bond motifs is 1. The molecule has 1 aliphatic rings. The van der Waals surface area contributed by atoms with Gasteiger partial charge >= 0.3 is 0 Å². The van der Waals surface area contributed by atoms with Crippen LogP contribution in [0.1, 0.15) is 22.5 Å². The first-order valence-electron chi connectivity index (χ1n) is 7.04. The van der Waals surface area contributed by atoms with Gasteiger partial charge in [0.25, 0.3) is 0 Å². The van der Waals surface area contributed by atoms with Crippen LogP contribution >= 0.6 is 0 Å². The van der Waals surface area contributed by atoms with Crippen molar-refractivity contribution < 1.29 is 4.74 Å². The van der Waals surface area contributed by atoms with Crippen LogP contribution in [0, 0.1) is 6.92 Å². The zero-order valence-corrected chi connectivity index (χ0v) is 12.4. The van der Waals surface area contributed by atoms with Crippen LogP contribution < -0.4 is 4.74 Å². The normalized spacial score (nSPS) is 15.2. The van der Waals surface area contributed by atoms with Gasteiger partial charge in [-0.05, 0) is 36.6 Å². The van der Waals surface area contributed by atoms with Crippen LogP contribution in [0.5, 0.6) is 5.75 Å². The molecule has 106 valence electrons. The summed E-state index contributed by atoms with van der Waals surface area (Å²) < 4.78 is 7.23. The minimum Gasteiger partial charge on any atom is -0.497 e. The third-order valence-electron chi connectivity index (χ3n) is 4.09. The summed E-state index contributed by atoms with van der Waals surface area (Å²) in [5.74, 6) is 0.914. The van der Waals surface area contributed by atoms with Crippen LogP contribution in [0.4, 0.5) is 0 Å². The number of methoxy groups -OCH3 is 1. The van der Waals surface area contributed by atoms with Crippen LogP contribution in [-0.4, -0.2) is 28.3 Å². The molecule has 2 heterocycles. The Kier molecular flexibility index (Phi) is 3.49. The van der Waals surface area contributed by atoms with E-state index in [1.807, 2.05) is 23.9 Å². The summed E-state index contributed by atoms with van der Waals surface area (Å²) in [6, 6.07) is 8.34. The average molecular weight is 271 g/mol. The highest BCUT2D eigenvalue weighted by Gasteiger charge is 2.21. The van der Waals surface area contributed by atoms with Crippen molar-refractivity contribution in [1.82, 2.24) is 14.7 Å². The van der Waals surface area contributed by atoms with Crippen molar-refractivity contribution in [2.75, 3.05) is 13.7 Å². The minimum atomic E-state index is 0.914. The van der Waals surface area contributed by atoms with E-state index in [1.54, 1.807) is 7.11 Å². The van der Waals surface area contributed by atoms with Crippen molar-refractivity contribution in [3.63, 3.8) is 0 Å². The highest BCUT2D eigenvalue weighted by Crippen LogP contribution is 2.23. The Morgan fingerprint density at radius 2 is 2.00 bits per heavy atom. The molecular formula is C16H21N3O. The van der Waals surface area contributed by atoms with Crippen molar-refractivity contribution in [2.24, 2.45) is 7.05 Å². The summed E-state index contributed by atoms with van der Waals surface area (Å²) in [7, 11) is 3.74. The molecule has 0 fully saturated rings. The lowest BCUT2D eigenvalue weighted by atomic mass is 10.0. The molecule has 0 unspecified atom stereocenters. The number of rotatable bonds is 3. The summed E-state index contributed by atoms with van der Waals surface area (Å²) in [5.41, 5.74) is 5.32. The summed E-state index contributed by atoms with van der Waals surface area (Å²) in [6.07, 6.45) is 1.10. The van der Waals surface area contributed by atoms with E-state index in [4.69, 9.17) is 4.74 Å². The summed E-state index contributed by atoms with van der Waals surface area (Å²) >= 11 is 0. The van der Waals surface area contributed by atoms with E-state index in [1.165, 1.54) is 22.5 Å². The van der Waals surface area contributed by atoms with Crippen molar-refractivity contribution in [1.29, 1.82) is 0 Å². The Labute approximate surface area is 120 Å². The maximum Gasteiger partial charge on any atom is 0.118 e. The molecule has 20 heavy (non-hydrogen) atoms. The van der Waals surface area contributed by atoms with E-state index in [2.05, 4.69) is 29.1 Å². The lowest BCUT2D eigenvalue weighted by molar-refractivity contribution is 0.238. The second kappa shape index (κ2) is 5.29. The monoisotopic (exact) mass is 271 g/mol. The second-order valence-electron chi connectivity index (χ2n) is 5.44. The molecule has 0 amide bonds. The Balaban J connectivity index is 1.72. The highest BCUT2D eigenvalue weighted by atomic mass is 16.5. The molecule has 2 aromatic rings. The molecule has 0 N–H and O–H groups in total. The largest absolute Gasteiger partial charge is 0.497 e. The van der Waals surface area contributed by atoms with E-state index in [-0.39, 0.29) is 0 Å². The molecule has 0 atom stereocenters. The van der Waals surface area contributed by atoms with Crippen molar-refractivity contribution in [2.45, 2.75) is 26.4 Å². The number of hydrogen-bond acceptors (Lipinski definition) is 3. The third-order valence-corrected chi connectivity index (χ3v) is 4.09. The number of nitrogens with zero attached hydrogens (tertiary/aromatic N) is 3. The molecule has 4 heteroatoms. The van der Waals surface area contributed by atoms with Crippen LogP contribution in [-0.2, 0) is 26.6 Å². The van der Waals surface area contributed by atoms with E-state index < -0.39 is 0 Å². The SMILES string of the molecule is COc1ccc(CN2CCc3c(C)nn(C)c3C2)cc1. The molecule has 0 spiro atoms. The molecule has 1 aromatic carbocycles. The summed E-state index contributed by atoms with van der Waals surface area (Å²) in [5, 5.41) is 4.53. The zero-order chi connectivity index (χ0) is 14.1. The Morgan fingerprint density at radius 1 is 1.25 bits per heavy atom. The Bertz CT molecular complexity index is 601. The van der Waals surface area contributed by atoms with Crippen molar-refractivity contribution in [3.05, 3.63) is 46.8 Å². The van der Waals surface area contributed by atoms with E-state index in [0.29, 0.717) is 0 Å². The standard InChI is InChI=1S/C16H21N3O/c1-12-15-8-9-19(11-16(15)18(2)17-12)10-13-4-6-14(20-3)7-5-13/h4-7H,8-11H2,1-3H3. The molecule has 0 radical (unpaired) electrons. The summed E-state index contributed by atoms with van der Waals surface area (Å²) in [6.45, 7) is 5.18. The van der Waals surface area contributed by atoms with Gasteiger partial charge in [0.05, 0.1) is 18.5 Å². The fourth-order valence-electron chi connectivity index (χ4n) is 2.96. The first-order valence-corrected chi connectivity index (χ1v) is 7.04. The Hall–Kier alpha value is -1.81. The van der Waals surface area contributed by atoms with E-state index >= 15 is 0 Å². The van der Waals surface area contributed by atoms with E-state index in [9.17, 15) is 0 Å². The van der Waals surface area contributed by atoms with Gasteiger partial charge in [-0.15, -0.1) is 0 Å². The number of aryl methyl sites for hydroxylation is 2. The second-order valence-corrected chi connectivity index (χ2v) is 5.44. The maximum atomic E-state index is 5.20. The van der Waals surface area contributed by atoms with Gasteiger partial charge in [-0.25, -0.2) is 0 Å². The maximum absolute atomic E-state index is 5.20. The number of aromatic nitrogens is 2. The van der Waals surface area contributed by atoms with Gasteiger partial charge in [0.15, 0.2) is 0 Å². The Morgan fingerprint density at radius 3 is 2.70 bits per heavy atom. The smallest absolute Gasteiger partial charge is 0.118 e. The number of ether oxygens (including phenoxy) is 1. The molecule has 4 nitrogen and oxygen atoms in total. The predicted molar refractivity (Wildman–Crippen MR) is 78.8 cm³/mol. The molecule has 3 rings (SSSR count). The predicted octanol–water partition coefficient (Wildman–Crippen LogP) is 2.30. The third kappa shape index (κ3) is 2.43. The van der Waals surface area contributed by atoms with Crippen LogP contribution in [0.15, 0.2) is 24.3 Å². The molecular weight excluding hydrogens is 250 g/mol. The molecule has 0 saturated carbocycles. The number of hydrogen-bond donors (Lipinski definition) is 0. The van der Waals surface area contributed by atoms with Gasteiger partial charge in [-0.1, -0.05) is 12.1 Å². The average Bonchev–Trinajstić information content (AvgIpc) is 2.75. The van der Waals surface area contributed by atoms with Gasteiger partial charge in [-0.2, -0.15) is 5.10 Å². The number of benzene rings is 1. The first-order chi connectivity index (χ1) is 9.67. The lowest BCUT2D eigenvalue weighted by Gasteiger charge is -2.27. The highest BCUT2D eigenvalue weighted by molar-refractivity contribution is 5.29. The van der Waals surface area contributed by atoms with Crippen LogP contribution in [0.2, 0.25) is 0 Å². The van der Waals surface area contributed by atoms with Crippen molar-refractivity contribution in [3.8, 4) is 5.75 Å². The van der Waals surface area contributed by atoms with Crippen molar-refractivity contribution >= 4 is 0 Å². The molecule has 1 aliphatic heterocycles. The molecule has 0 aliphatic carbocycles. The topological polar surface area (TPSA) is 30.3 Å². The molecule has 0 saturated heterocycles. The van der Waals surface area contributed by atoms with Gasteiger partial charge in [0.1, 0.15) is 5.75 Å². The van der Waals surface area contributed by atoms with Gasteiger partial charge in [0, 0.05) is 26.7 Å². The van der Waals surface area contributed by atoms with Gasteiger partial charge < -0.3 is 4.74 Å². The molecule has 0 bridgehead atoms. The van der Waals surface area contributed by atoms with Gasteiger partial charge in [0.2, 0.25) is 0 Å². The lowest BCUT2D eigenvalue weighted by Crippen LogP contribution is -2.31. The fourth-order valence-corrected chi connectivity index (χ4v) is 2.96. The van der Waals surface area contributed by atoms with Crippen LogP contribution in [0.25, 0.3) is 0 Å².